The lowest BCUT2D eigenvalue weighted by Gasteiger charge is -2.18. The fraction of sp³-hybridized carbons (Fsp3) is 0.643. The van der Waals surface area contributed by atoms with Gasteiger partial charge in [-0.2, -0.15) is 0 Å². The van der Waals surface area contributed by atoms with Crippen LogP contribution in [0.1, 0.15) is 32.9 Å². The highest BCUT2D eigenvalue weighted by Gasteiger charge is 2.04. The minimum Gasteiger partial charge on any atom is -0.385 e. The average molecular weight is 235 g/mol. The van der Waals surface area contributed by atoms with Crippen molar-refractivity contribution in [2.45, 2.75) is 33.7 Å². The van der Waals surface area contributed by atoms with Gasteiger partial charge in [0.25, 0.3) is 0 Å². The highest BCUT2D eigenvalue weighted by Crippen LogP contribution is 2.10. The SMILES string of the molecule is CCCNc1ccnc(CN(C)CC(C)C)c1. The average Bonchev–Trinajstić information content (AvgIpc) is 2.25. The molecule has 1 rings (SSSR count). The Kier molecular flexibility index (Phi) is 5.98. The summed E-state index contributed by atoms with van der Waals surface area (Å²) in [6.45, 7) is 9.69. The van der Waals surface area contributed by atoms with Crippen molar-refractivity contribution in [2.75, 3.05) is 25.5 Å². The lowest BCUT2D eigenvalue weighted by Crippen LogP contribution is -2.23. The zero-order valence-electron chi connectivity index (χ0n) is 11.5. The zero-order chi connectivity index (χ0) is 12.7. The van der Waals surface area contributed by atoms with Crippen LogP contribution in [0.5, 0.6) is 0 Å². The molecule has 0 saturated carbocycles. The van der Waals surface area contributed by atoms with E-state index >= 15 is 0 Å². The molecule has 0 amide bonds. The van der Waals surface area contributed by atoms with Gasteiger partial charge >= 0.3 is 0 Å². The van der Waals surface area contributed by atoms with Gasteiger partial charge in [0, 0.05) is 31.5 Å². The van der Waals surface area contributed by atoms with Crippen LogP contribution in [0.2, 0.25) is 0 Å². The maximum Gasteiger partial charge on any atom is 0.0564 e. The predicted molar refractivity (Wildman–Crippen MR) is 74.2 cm³/mol. The van der Waals surface area contributed by atoms with Gasteiger partial charge in [-0.3, -0.25) is 4.98 Å². The molecular formula is C14H25N3. The first-order valence-corrected chi connectivity index (χ1v) is 6.49. The van der Waals surface area contributed by atoms with E-state index in [1.165, 1.54) is 5.69 Å². The maximum absolute atomic E-state index is 4.41. The summed E-state index contributed by atoms with van der Waals surface area (Å²) in [4.78, 5) is 6.73. The summed E-state index contributed by atoms with van der Waals surface area (Å²) in [5.41, 5.74) is 2.31. The standard InChI is InChI=1S/C14H25N3/c1-5-7-15-13-6-8-16-14(9-13)11-17(4)10-12(2)3/h6,8-9,12H,5,7,10-11H2,1-4H3,(H,15,16). The number of hydrogen-bond acceptors (Lipinski definition) is 3. The van der Waals surface area contributed by atoms with E-state index in [1.54, 1.807) is 0 Å². The number of nitrogens with zero attached hydrogens (tertiary/aromatic N) is 2. The highest BCUT2D eigenvalue weighted by molar-refractivity contribution is 5.43. The minimum absolute atomic E-state index is 0.696. The Morgan fingerprint density at radius 3 is 2.82 bits per heavy atom. The molecule has 0 aliphatic carbocycles. The molecule has 0 unspecified atom stereocenters. The first-order valence-electron chi connectivity index (χ1n) is 6.49. The van der Waals surface area contributed by atoms with Crippen molar-refractivity contribution in [1.29, 1.82) is 0 Å². The van der Waals surface area contributed by atoms with Crippen molar-refractivity contribution in [3.8, 4) is 0 Å². The monoisotopic (exact) mass is 235 g/mol. The summed E-state index contributed by atoms with van der Waals surface area (Å²) in [6, 6.07) is 4.17. The normalized spacial score (nSPS) is 11.2. The van der Waals surface area contributed by atoms with Gasteiger partial charge in [-0.15, -0.1) is 0 Å². The number of hydrogen-bond donors (Lipinski definition) is 1. The molecule has 3 heteroatoms. The van der Waals surface area contributed by atoms with Crippen LogP contribution < -0.4 is 5.32 Å². The fourth-order valence-corrected chi connectivity index (χ4v) is 1.91. The van der Waals surface area contributed by atoms with Gasteiger partial charge in [0.1, 0.15) is 0 Å². The Bertz CT molecular complexity index is 323. The van der Waals surface area contributed by atoms with Gasteiger partial charge in [0.2, 0.25) is 0 Å². The van der Waals surface area contributed by atoms with Crippen molar-refractivity contribution in [3.63, 3.8) is 0 Å². The van der Waals surface area contributed by atoms with E-state index in [9.17, 15) is 0 Å². The Balaban J connectivity index is 2.52. The fourth-order valence-electron chi connectivity index (χ4n) is 1.91. The molecule has 3 nitrogen and oxygen atoms in total. The van der Waals surface area contributed by atoms with Crippen molar-refractivity contribution in [1.82, 2.24) is 9.88 Å². The lowest BCUT2D eigenvalue weighted by molar-refractivity contribution is 0.285. The molecule has 17 heavy (non-hydrogen) atoms. The van der Waals surface area contributed by atoms with Crippen molar-refractivity contribution >= 4 is 5.69 Å². The summed E-state index contributed by atoms with van der Waals surface area (Å²) in [6.07, 6.45) is 3.03. The Hall–Kier alpha value is -1.09. The second-order valence-electron chi connectivity index (χ2n) is 5.05. The second kappa shape index (κ2) is 7.28. The lowest BCUT2D eigenvalue weighted by atomic mass is 10.2. The Morgan fingerprint density at radius 1 is 1.41 bits per heavy atom. The van der Waals surface area contributed by atoms with Crippen LogP contribution in [0, 0.1) is 5.92 Å². The third kappa shape index (κ3) is 5.68. The molecule has 1 aromatic heterocycles. The van der Waals surface area contributed by atoms with E-state index in [4.69, 9.17) is 0 Å². The third-order valence-corrected chi connectivity index (χ3v) is 2.50. The minimum atomic E-state index is 0.696. The molecule has 0 spiro atoms. The van der Waals surface area contributed by atoms with E-state index in [1.807, 2.05) is 12.3 Å². The number of rotatable bonds is 7. The molecule has 1 heterocycles. The summed E-state index contributed by atoms with van der Waals surface area (Å²) < 4.78 is 0. The van der Waals surface area contributed by atoms with E-state index in [0.29, 0.717) is 5.92 Å². The molecule has 0 radical (unpaired) electrons. The first kappa shape index (κ1) is 14.0. The molecule has 0 aliphatic rings. The number of aromatic nitrogens is 1. The largest absolute Gasteiger partial charge is 0.385 e. The van der Waals surface area contributed by atoms with Gasteiger partial charge < -0.3 is 10.2 Å². The molecule has 96 valence electrons. The van der Waals surface area contributed by atoms with Gasteiger partial charge in [-0.25, -0.2) is 0 Å². The maximum atomic E-state index is 4.41. The van der Waals surface area contributed by atoms with Crippen LogP contribution in [0.15, 0.2) is 18.3 Å². The van der Waals surface area contributed by atoms with E-state index in [0.717, 1.165) is 31.7 Å². The quantitative estimate of drug-likeness (QED) is 0.787. The summed E-state index contributed by atoms with van der Waals surface area (Å²) in [5, 5.41) is 3.39. The first-order chi connectivity index (χ1) is 8.11. The molecule has 0 bridgehead atoms. The Morgan fingerprint density at radius 2 is 2.18 bits per heavy atom. The second-order valence-corrected chi connectivity index (χ2v) is 5.05. The Labute approximate surface area is 105 Å². The molecule has 0 atom stereocenters. The van der Waals surface area contributed by atoms with Crippen molar-refractivity contribution < 1.29 is 0 Å². The van der Waals surface area contributed by atoms with E-state index < -0.39 is 0 Å². The van der Waals surface area contributed by atoms with Gasteiger partial charge in [0.15, 0.2) is 0 Å². The van der Waals surface area contributed by atoms with Crippen LogP contribution in [0.4, 0.5) is 5.69 Å². The third-order valence-electron chi connectivity index (χ3n) is 2.50. The van der Waals surface area contributed by atoms with Crippen molar-refractivity contribution in [2.24, 2.45) is 5.92 Å². The summed E-state index contributed by atoms with van der Waals surface area (Å²) in [5.74, 6) is 0.696. The van der Waals surface area contributed by atoms with E-state index in [2.05, 4.69) is 49.1 Å². The van der Waals surface area contributed by atoms with E-state index in [-0.39, 0.29) is 0 Å². The van der Waals surface area contributed by atoms with Crippen LogP contribution >= 0.6 is 0 Å². The number of nitrogens with one attached hydrogen (secondary N) is 1. The topological polar surface area (TPSA) is 28.2 Å². The molecule has 0 fully saturated rings. The molecule has 1 N–H and O–H groups in total. The smallest absolute Gasteiger partial charge is 0.0564 e. The van der Waals surface area contributed by atoms with Crippen LogP contribution in [-0.2, 0) is 6.54 Å². The predicted octanol–water partition coefficient (Wildman–Crippen LogP) is 2.99. The number of pyridine rings is 1. The van der Waals surface area contributed by atoms with Gasteiger partial charge in [-0.05, 0) is 31.5 Å². The van der Waals surface area contributed by atoms with Crippen LogP contribution in [0.3, 0.4) is 0 Å². The van der Waals surface area contributed by atoms with Crippen LogP contribution in [-0.4, -0.2) is 30.0 Å². The molecule has 0 saturated heterocycles. The van der Waals surface area contributed by atoms with Crippen LogP contribution in [0.25, 0.3) is 0 Å². The van der Waals surface area contributed by atoms with Crippen molar-refractivity contribution in [3.05, 3.63) is 24.0 Å². The highest BCUT2D eigenvalue weighted by atomic mass is 15.1. The summed E-state index contributed by atoms with van der Waals surface area (Å²) in [7, 11) is 2.15. The van der Waals surface area contributed by atoms with Gasteiger partial charge in [0.05, 0.1) is 5.69 Å². The molecular weight excluding hydrogens is 210 g/mol. The molecule has 1 aromatic rings. The van der Waals surface area contributed by atoms with Gasteiger partial charge in [-0.1, -0.05) is 20.8 Å². The molecule has 0 aromatic carbocycles. The zero-order valence-corrected chi connectivity index (χ0v) is 11.5. The number of anilines is 1. The summed E-state index contributed by atoms with van der Waals surface area (Å²) >= 11 is 0. The molecule has 0 aliphatic heterocycles.